The first-order chi connectivity index (χ1) is 11.3. The molecule has 0 radical (unpaired) electrons. The van der Waals surface area contributed by atoms with Crippen LogP contribution in [0.5, 0.6) is 0 Å². The van der Waals surface area contributed by atoms with Gasteiger partial charge in [-0.1, -0.05) is 12.8 Å². The number of hydrogen-bond donors (Lipinski definition) is 3. The van der Waals surface area contributed by atoms with Crippen molar-refractivity contribution in [2.45, 2.75) is 51.9 Å². The van der Waals surface area contributed by atoms with E-state index in [0.717, 1.165) is 25.5 Å². The molecule has 5 nitrogen and oxygen atoms in total. The summed E-state index contributed by atoms with van der Waals surface area (Å²) in [7, 11) is 0. The lowest BCUT2D eigenvalue weighted by atomic mass is 10.0. The van der Waals surface area contributed by atoms with E-state index in [-0.39, 0.29) is 5.91 Å². The smallest absolute Gasteiger partial charge is 0.220 e. The van der Waals surface area contributed by atoms with Gasteiger partial charge in [-0.3, -0.25) is 9.79 Å². The molecule has 6 heteroatoms. The first kappa shape index (κ1) is 20.1. The van der Waals surface area contributed by atoms with Crippen LogP contribution in [-0.2, 0) is 4.79 Å². The van der Waals surface area contributed by atoms with Gasteiger partial charge in [0.25, 0.3) is 0 Å². The van der Waals surface area contributed by atoms with Crippen molar-refractivity contribution in [2.24, 2.45) is 10.9 Å². The van der Waals surface area contributed by atoms with Crippen LogP contribution in [0.25, 0.3) is 0 Å². The number of hydrogen-bond acceptors (Lipinski definition) is 3. The van der Waals surface area contributed by atoms with Crippen LogP contribution in [0.15, 0.2) is 4.99 Å². The molecule has 1 fully saturated rings. The minimum atomic E-state index is 0.192. The predicted molar refractivity (Wildman–Crippen MR) is 101 cm³/mol. The zero-order valence-corrected chi connectivity index (χ0v) is 15.6. The molecule has 1 amide bonds. The van der Waals surface area contributed by atoms with Gasteiger partial charge in [0.15, 0.2) is 5.96 Å². The highest BCUT2D eigenvalue weighted by molar-refractivity contribution is 7.98. The molecule has 0 aromatic heterocycles. The van der Waals surface area contributed by atoms with Crippen molar-refractivity contribution in [3.63, 3.8) is 0 Å². The minimum Gasteiger partial charge on any atom is -0.357 e. The van der Waals surface area contributed by atoms with Gasteiger partial charge < -0.3 is 16.0 Å². The van der Waals surface area contributed by atoms with Gasteiger partial charge in [-0.15, -0.1) is 0 Å². The van der Waals surface area contributed by atoms with Crippen molar-refractivity contribution >= 4 is 23.6 Å². The quantitative estimate of drug-likeness (QED) is 0.306. The van der Waals surface area contributed by atoms with Crippen LogP contribution in [0.1, 0.15) is 51.9 Å². The number of unbranched alkanes of at least 4 members (excludes halogenated alkanes) is 1. The summed E-state index contributed by atoms with van der Waals surface area (Å²) in [5.41, 5.74) is 0. The predicted octanol–water partition coefficient (Wildman–Crippen LogP) is 2.38. The second-order valence-electron chi connectivity index (χ2n) is 6.09. The molecule has 0 heterocycles. The van der Waals surface area contributed by atoms with Crippen LogP contribution in [0.2, 0.25) is 0 Å². The third-order valence-corrected chi connectivity index (χ3v) is 4.76. The van der Waals surface area contributed by atoms with Gasteiger partial charge in [-0.2, -0.15) is 11.8 Å². The Morgan fingerprint density at radius 2 is 1.87 bits per heavy atom. The summed E-state index contributed by atoms with van der Waals surface area (Å²) in [6, 6.07) is 0. The van der Waals surface area contributed by atoms with Gasteiger partial charge in [0, 0.05) is 32.6 Å². The monoisotopic (exact) mass is 342 g/mol. The van der Waals surface area contributed by atoms with Gasteiger partial charge in [0.1, 0.15) is 0 Å². The van der Waals surface area contributed by atoms with Crippen molar-refractivity contribution in [3.05, 3.63) is 0 Å². The van der Waals surface area contributed by atoms with Crippen LogP contribution in [0.3, 0.4) is 0 Å². The molecule has 1 rings (SSSR count). The lowest BCUT2D eigenvalue weighted by molar-refractivity contribution is -0.121. The van der Waals surface area contributed by atoms with Crippen molar-refractivity contribution in [2.75, 3.05) is 38.2 Å². The molecule has 1 saturated carbocycles. The molecule has 0 aromatic carbocycles. The number of carbonyl (C=O) groups is 1. The summed E-state index contributed by atoms with van der Waals surface area (Å²) in [4.78, 5) is 16.4. The molecular weight excluding hydrogens is 308 g/mol. The Bertz CT molecular complexity index is 343. The van der Waals surface area contributed by atoms with Crippen molar-refractivity contribution in [1.29, 1.82) is 0 Å². The van der Waals surface area contributed by atoms with Gasteiger partial charge in [-0.25, -0.2) is 0 Å². The van der Waals surface area contributed by atoms with E-state index in [9.17, 15) is 4.79 Å². The molecule has 0 spiro atoms. The fourth-order valence-electron chi connectivity index (χ4n) is 2.82. The lowest BCUT2D eigenvalue weighted by Crippen LogP contribution is -2.41. The van der Waals surface area contributed by atoms with Gasteiger partial charge >= 0.3 is 0 Å². The Hall–Kier alpha value is -0.910. The molecule has 23 heavy (non-hydrogen) atoms. The van der Waals surface area contributed by atoms with Gasteiger partial charge in [-0.05, 0) is 50.5 Å². The Morgan fingerprint density at radius 1 is 1.13 bits per heavy atom. The summed E-state index contributed by atoms with van der Waals surface area (Å²) >= 11 is 1.88. The highest BCUT2D eigenvalue weighted by Gasteiger charge is 2.17. The number of guanidine groups is 1. The van der Waals surface area contributed by atoms with Crippen molar-refractivity contribution in [3.8, 4) is 0 Å². The Balaban J connectivity index is 2.11. The van der Waals surface area contributed by atoms with Crippen LogP contribution < -0.4 is 16.0 Å². The number of thioether (sulfide) groups is 1. The molecule has 0 saturated heterocycles. The van der Waals surface area contributed by atoms with E-state index < -0.39 is 0 Å². The molecule has 1 aliphatic rings. The van der Waals surface area contributed by atoms with E-state index in [2.05, 4.69) is 34.1 Å². The molecule has 0 atom stereocenters. The molecule has 3 N–H and O–H groups in total. The van der Waals surface area contributed by atoms with Crippen LogP contribution in [0, 0.1) is 5.92 Å². The molecule has 1 aliphatic carbocycles. The molecule has 0 aliphatic heterocycles. The number of amides is 1. The number of nitrogens with zero attached hydrogens (tertiary/aromatic N) is 1. The molecule has 0 unspecified atom stereocenters. The minimum absolute atomic E-state index is 0.192. The number of nitrogens with one attached hydrogen (secondary N) is 3. The second kappa shape index (κ2) is 13.5. The maximum Gasteiger partial charge on any atom is 0.220 e. The summed E-state index contributed by atoms with van der Waals surface area (Å²) in [6.07, 6.45) is 10.2. The average Bonchev–Trinajstić information content (AvgIpc) is 3.04. The molecular formula is C17H34N4OS. The largest absolute Gasteiger partial charge is 0.357 e. The maximum absolute atomic E-state index is 11.9. The number of rotatable bonds is 11. The Labute approximate surface area is 145 Å². The summed E-state index contributed by atoms with van der Waals surface area (Å²) in [5.74, 6) is 2.86. The third kappa shape index (κ3) is 10.5. The average molecular weight is 343 g/mol. The first-order valence-electron chi connectivity index (χ1n) is 9.04. The third-order valence-electron chi connectivity index (χ3n) is 4.06. The fourth-order valence-corrected chi connectivity index (χ4v) is 3.32. The van der Waals surface area contributed by atoms with E-state index >= 15 is 0 Å². The normalized spacial score (nSPS) is 15.7. The van der Waals surface area contributed by atoms with E-state index in [1.165, 1.54) is 37.9 Å². The maximum atomic E-state index is 11.9. The zero-order chi connectivity index (χ0) is 16.8. The zero-order valence-electron chi connectivity index (χ0n) is 14.8. The lowest BCUT2D eigenvalue weighted by Gasteiger charge is -2.13. The summed E-state index contributed by atoms with van der Waals surface area (Å²) < 4.78 is 0. The van der Waals surface area contributed by atoms with Crippen LogP contribution >= 0.6 is 11.8 Å². The van der Waals surface area contributed by atoms with Gasteiger partial charge in [0.2, 0.25) is 5.91 Å². The van der Waals surface area contributed by atoms with Crippen LogP contribution in [-0.4, -0.2) is 50.1 Å². The van der Waals surface area contributed by atoms with E-state index in [1.54, 1.807) is 0 Å². The highest BCUT2D eigenvalue weighted by atomic mass is 32.2. The van der Waals surface area contributed by atoms with Crippen molar-refractivity contribution < 1.29 is 4.79 Å². The molecule has 0 aromatic rings. The van der Waals surface area contributed by atoms with E-state index in [4.69, 9.17) is 0 Å². The van der Waals surface area contributed by atoms with E-state index in [0.29, 0.717) is 25.4 Å². The topological polar surface area (TPSA) is 65.5 Å². The number of carbonyl (C=O) groups excluding carboxylic acids is 1. The SMILES string of the molecule is CCNC(=NCCCCSC)NCCNC(=O)CC1CCCC1. The van der Waals surface area contributed by atoms with Crippen molar-refractivity contribution in [1.82, 2.24) is 16.0 Å². The molecule has 134 valence electrons. The highest BCUT2D eigenvalue weighted by Crippen LogP contribution is 2.27. The Morgan fingerprint density at radius 3 is 2.57 bits per heavy atom. The standard InChI is InChI=1S/C17H34N4OS/c1-3-18-17(20-10-6-7-13-23-2)21-12-11-19-16(22)14-15-8-4-5-9-15/h15H,3-14H2,1-2H3,(H,19,22)(H2,18,20,21). The van der Waals surface area contributed by atoms with Gasteiger partial charge in [0.05, 0.1) is 0 Å². The summed E-state index contributed by atoms with van der Waals surface area (Å²) in [6.45, 7) is 5.14. The Kier molecular flexibility index (Phi) is 11.8. The number of aliphatic imine (C=N–C) groups is 1. The fraction of sp³-hybridized carbons (Fsp3) is 0.882. The first-order valence-corrected chi connectivity index (χ1v) is 10.4. The van der Waals surface area contributed by atoms with E-state index in [1.807, 2.05) is 11.8 Å². The second-order valence-corrected chi connectivity index (χ2v) is 7.08. The summed E-state index contributed by atoms with van der Waals surface area (Å²) in [5, 5.41) is 9.52. The molecule has 0 bridgehead atoms. The van der Waals surface area contributed by atoms with Crippen LogP contribution in [0.4, 0.5) is 0 Å².